The second kappa shape index (κ2) is 6.65. The van der Waals surface area contributed by atoms with Crippen LogP contribution < -0.4 is 10.6 Å². The Labute approximate surface area is 113 Å². The molecule has 0 spiro atoms. The highest BCUT2D eigenvalue weighted by Crippen LogP contribution is 2.22. The number of piperidine rings is 1. The lowest BCUT2D eigenvalue weighted by molar-refractivity contribution is -0.122. The third-order valence-electron chi connectivity index (χ3n) is 3.66. The molecule has 1 amide bonds. The standard InChI is InChI=1S/C13H22N4O2/c1-9(11-4-3-5-14-7-11)6-13(18)15-8-12-16-10(2)19-17-12/h9,11,14H,3-8H2,1-2H3,(H,15,18). The van der Waals surface area contributed by atoms with Gasteiger partial charge in [0.1, 0.15) is 0 Å². The normalized spacial score (nSPS) is 21.1. The van der Waals surface area contributed by atoms with Crippen LogP contribution in [0, 0.1) is 18.8 Å². The van der Waals surface area contributed by atoms with Crippen molar-refractivity contribution in [3.8, 4) is 0 Å². The van der Waals surface area contributed by atoms with Crippen molar-refractivity contribution in [1.29, 1.82) is 0 Å². The monoisotopic (exact) mass is 266 g/mol. The number of amides is 1. The van der Waals surface area contributed by atoms with Gasteiger partial charge in [-0.3, -0.25) is 4.79 Å². The molecular weight excluding hydrogens is 244 g/mol. The summed E-state index contributed by atoms with van der Waals surface area (Å²) in [5.74, 6) is 2.11. The molecule has 2 unspecified atom stereocenters. The summed E-state index contributed by atoms with van der Waals surface area (Å²) in [7, 11) is 0. The van der Waals surface area contributed by atoms with Crippen molar-refractivity contribution in [2.45, 2.75) is 39.7 Å². The topological polar surface area (TPSA) is 80.0 Å². The number of hydrogen-bond donors (Lipinski definition) is 2. The van der Waals surface area contributed by atoms with Gasteiger partial charge in [0.05, 0.1) is 6.54 Å². The zero-order valence-corrected chi connectivity index (χ0v) is 11.6. The molecular formula is C13H22N4O2. The highest BCUT2D eigenvalue weighted by atomic mass is 16.5. The Morgan fingerprint density at radius 1 is 1.63 bits per heavy atom. The Bertz CT molecular complexity index is 413. The summed E-state index contributed by atoms with van der Waals surface area (Å²) in [5.41, 5.74) is 0. The quantitative estimate of drug-likeness (QED) is 0.831. The number of aromatic nitrogens is 2. The van der Waals surface area contributed by atoms with Gasteiger partial charge >= 0.3 is 0 Å². The average Bonchev–Trinajstić information content (AvgIpc) is 2.83. The summed E-state index contributed by atoms with van der Waals surface area (Å²) < 4.78 is 4.85. The summed E-state index contributed by atoms with van der Waals surface area (Å²) in [6.45, 7) is 6.35. The number of aryl methyl sites for hydroxylation is 1. The van der Waals surface area contributed by atoms with Crippen LogP contribution in [0.25, 0.3) is 0 Å². The zero-order valence-electron chi connectivity index (χ0n) is 11.6. The first-order valence-electron chi connectivity index (χ1n) is 6.91. The molecule has 1 aliphatic rings. The molecule has 2 N–H and O–H groups in total. The largest absolute Gasteiger partial charge is 0.349 e. The van der Waals surface area contributed by atoms with E-state index >= 15 is 0 Å². The van der Waals surface area contributed by atoms with E-state index in [1.165, 1.54) is 12.8 Å². The molecule has 0 saturated carbocycles. The number of carbonyl (C=O) groups is 1. The first-order valence-corrected chi connectivity index (χ1v) is 6.91. The number of rotatable bonds is 5. The number of nitrogens with zero attached hydrogens (tertiary/aromatic N) is 2. The van der Waals surface area contributed by atoms with Crippen LogP contribution in [-0.2, 0) is 11.3 Å². The highest BCUT2D eigenvalue weighted by molar-refractivity contribution is 5.76. The summed E-state index contributed by atoms with van der Waals surface area (Å²) in [6.07, 6.45) is 2.98. The van der Waals surface area contributed by atoms with Gasteiger partial charge in [-0.15, -0.1) is 0 Å². The van der Waals surface area contributed by atoms with Gasteiger partial charge in [-0.05, 0) is 37.8 Å². The van der Waals surface area contributed by atoms with Crippen LogP contribution in [0.2, 0.25) is 0 Å². The molecule has 1 fully saturated rings. The van der Waals surface area contributed by atoms with E-state index in [1.807, 2.05) is 0 Å². The molecule has 2 heterocycles. The molecule has 19 heavy (non-hydrogen) atoms. The molecule has 6 heteroatoms. The Hall–Kier alpha value is -1.43. The fourth-order valence-electron chi connectivity index (χ4n) is 2.49. The van der Waals surface area contributed by atoms with Crippen molar-refractivity contribution in [1.82, 2.24) is 20.8 Å². The maximum Gasteiger partial charge on any atom is 0.223 e. The number of nitrogens with one attached hydrogen (secondary N) is 2. The van der Waals surface area contributed by atoms with Crippen molar-refractivity contribution < 1.29 is 9.32 Å². The lowest BCUT2D eigenvalue weighted by Gasteiger charge is -2.27. The first-order chi connectivity index (χ1) is 9.15. The number of carbonyl (C=O) groups excluding carboxylic acids is 1. The van der Waals surface area contributed by atoms with Gasteiger partial charge in [-0.1, -0.05) is 12.1 Å². The highest BCUT2D eigenvalue weighted by Gasteiger charge is 2.22. The van der Waals surface area contributed by atoms with Gasteiger partial charge in [0.2, 0.25) is 11.8 Å². The molecule has 106 valence electrons. The van der Waals surface area contributed by atoms with E-state index in [0.29, 0.717) is 36.5 Å². The average molecular weight is 266 g/mol. The Balaban J connectivity index is 1.71. The van der Waals surface area contributed by atoms with Crippen molar-refractivity contribution in [2.75, 3.05) is 13.1 Å². The predicted octanol–water partition coefficient (Wildman–Crippen LogP) is 1.02. The molecule has 0 radical (unpaired) electrons. The van der Waals surface area contributed by atoms with Crippen molar-refractivity contribution in [2.24, 2.45) is 11.8 Å². The minimum atomic E-state index is 0.0560. The molecule has 0 aliphatic carbocycles. The van der Waals surface area contributed by atoms with Crippen LogP contribution in [0.3, 0.4) is 0 Å². The summed E-state index contributed by atoms with van der Waals surface area (Å²) in [4.78, 5) is 15.9. The lowest BCUT2D eigenvalue weighted by Crippen LogP contribution is -2.35. The SMILES string of the molecule is Cc1nc(CNC(=O)CC(C)C2CCCNC2)no1. The van der Waals surface area contributed by atoms with E-state index in [-0.39, 0.29) is 5.91 Å². The fraction of sp³-hybridized carbons (Fsp3) is 0.769. The second-order valence-electron chi connectivity index (χ2n) is 5.29. The fourth-order valence-corrected chi connectivity index (χ4v) is 2.49. The van der Waals surface area contributed by atoms with Crippen LogP contribution in [-0.4, -0.2) is 29.1 Å². The Morgan fingerprint density at radius 2 is 2.47 bits per heavy atom. The van der Waals surface area contributed by atoms with Gasteiger partial charge < -0.3 is 15.2 Å². The third-order valence-corrected chi connectivity index (χ3v) is 3.66. The molecule has 1 saturated heterocycles. The van der Waals surface area contributed by atoms with E-state index in [2.05, 4.69) is 27.7 Å². The molecule has 2 rings (SSSR count). The molecule has 1 aromatic rings. The van der Waals surface area contributed by atoms with E-state index in [1.54, 1.807) is 6.92 Å². The minimum absolute atomic E-state index is 0.0560. The maximum atomic E-state index is 11.9. The van der Waals surface area contributed by atoms with E-state index in [4.69, 9.17) is 4.52 Å². The molecule has 0 bridgehead atoms. The smallest absolute Gasteiger partial charge is 0.223 e. The van der Waals surface area contributed by atoms with Crippen molar-refractivity contribution in [3.63, 3.8) is 0 Å². The minimum Gasteiger partial charge on any atom is -0.349 e. The Kier molecular flexibility index (Phi) is 4.90. The second-order valence-corrected chi connectivity index (χ2v) is 5.29. The van der Waals surface area contributed by atoms with Crippen LogP contribution in [0.5, 0.6) is 0 Å². The lowest BCUT2D eigenvalue weighted by atomic mass is 9.85. The van der Waals surface area contributed by atoms with Gasteiger partial charge in [-0.2, -0.15) is 4.98 Å². The van der Waals surface area contributed by atoms with Crippen LogP contribution >= 0.6 is 0 Å². The van der Waals surface area contributed by atoms with Gasteiger partial charge in [0.25, 0.3) is 0 Å². The van der Waals surface area contributed by atoms with E-state index in [9.17, 15) is 4.79 Å². The molecule has 0 aromatic carbocycles. The summed E-state index contributed by atoms with van der Waals surface area (Å²) in [6, 6.07) is 0. The van der Waals surface area contributed by atoms with Crippen LogP contribution in [0.4, 0.5) is 0 Å². The van der Waals surface area contributed by atoms with Gasteiger partial charge in [0, 0.05) is 13.3 Å². The van der Waals surface area contributed by atoms with E-state index < -0.39 is 0 Å². The maximum absolute atomic E-state index is 11.9. The zero-order chi connectivity index (χ0) is 13.7. The molecule has 6 nitrogen and oxygen atoms in total. The van der Waals surface area contributed by atoms with Crippen LogP contribution in [0.1, 0.15) is 37.9 Å². The predicted molar refractivity (Wildman–Crippen MR) is 70.3 cm³/mol. The van der Waals surface area contributed by atoms with Gasteiger partial charge in [-0.25, -0.2) is 0 Å². The molecule has 1 aromatic heterocycles. The third kappa shape index (κ3) is 4.31. The van der Waals surface area contributed by atoms with Crippen LogP contribution in [0.15, 0.2) is 4.52 Å². The Morgan fingerprint density at radius 3 is 3.11 bits per heavy atom. The summed E-state index contributed by atoms with van der Waals surface area (Å²) in [5, 5.41) is 9.97. The van der Waals surface area contributed by atoms with Crippen molar-refractivity contribution >= 4 is 5.91 Å². The summed E-state index contributed by atoms with van der Waals surface area (Å²) >= 11 is 0. The van der Waals surface area contributed by atoms with Crippen molar-refractivity contribution in [3.05, 3.63) is 11.7 Å². The van der Waals surface area contributed by atoms with E-state index in [0.717, 1.165) is 13.1 Å². The van der Waals surface area contributed by atoms with Gasteiger partial charge in [0.15, 0.2) is 5.82 Å². The molecule has 1 aliphatic heterocycles. The first kappa shape index (κ1) is 14.0. The molecule has 2 atom stereocenters. The number of hydrogen-bond acceptors (Lipinski definition) is 5.